The summed E-state index contributed by atoms with van der Waals surface area (Å²) in [5.41, 5.74) is 0.320. The second-order valence-corrected chi connectivity index (χ2v) is 6.58. The Balaban J connectivity index is 2.63. The summed E-state index contributed by atoms with van der Waals surface area (Å²) in [6, 6.07) is 6.76. The van der Waals surface area contributed by atoms with Crippen LogP contribution >= 0.6 is 0 Å². The molecule has 0 aliphatic heterocycles. The highest BCUT2D eigenvalue weighted by atomic mass is 16.5. The van der Waals surface area contributed by atoms with Gasteiger partial charge in [-0.25, -0.2) is 0 Å². The number of hydrogen-bond donors (Lipinski definition) is 2. The van der Waals surface area contributed by atoms with Gasteiger partial charge >= 0.3 is 0 Å². The number of carbonyl (C=O) groups excluding carboxylic acids is 2. The fourth-order valence-corrected chi connectivity index (χ4v) is 2.01. The third kappa shape index (κ3) is 6.28. The van der Waals surface area contributed by atoms with E-state index in [9.17, 15) is 9.59 Å². The van der Waals surface area contributed by atoms with E-state index in [0.717, 1.165) is 0 Å². The monoisotopic (exact) mass is 321 g/mol. The molecule has 1 aromatic rings. The number of anilines is 1. The van der Waals surface area contributed by atoms with Crippen molar-refractivity contribution in [3.8, 4) is 5.75 Å². The van der Waals surface area contributed by atoms with Crippen molar-refractivity contribution in [2.24, 2.45) is 0 Å². The van der Waals surface area contributed by atoms with Gasteiger partial charge in [0.1, 0.15) is 5.75 Å². The lowest BCUT2D eigenvalue weighted by Crippen LogP contribution is -2.49. The van der Waals surface area contributed by atoms with Gasteiger partial charge in [0, 0.05) is 5.54 Å². The zero-order chi connectivity index (χ0) is 17.6. The molecule has 0 aromatic heterocycles. The minimum atomic E-state index is -0.453. The number of benzene rings is 1. The molecule has 0 aliphatic carbocycles. The molecular formula is C17H27N3O3. The van der Waals surface area contributed by atoms with Crippen molar-refractivity contribution < 1.29 is 14.3 Å². The van der Waals surface area contributed by atoms with Crippen LogP contribution in [0.5, 0.6) is 5.75 Å². The Labute approximate surface area is 138 Å². The van der Waals surface area contributed by atoms with Crippen LogP contribution in [0.2, 0.25) is 0 Å². The Bertz CT molecular complexity index is 552. The van der Waals surface area contributed by atoms with Gasteiger partial charge in [-0.2, -0.15) is 0 Å². The summed E-state index contributed by atoms with van der Waals surface area (Å²) in [6.45, 7) is 7.67. The minimum Gasteiger partial charge on any atom is -0.495 e. The molecule has 0 spiro atoms. The molecule has 1 rings (SSSR count). The SMILES string of the molecule is COc1ccccc1NC(=O)[C@@H](C)N(C)CC(=O)NC(C)(C)C. The van der Waals surface area contributed by atoms with Gasteiger partial charge in [-0.05, 0) is 46.9 Å². The maximum atomic E-state index is 12.3. The number of likely N-dealkylation sites (N-methyl/N-ethyl adjacent to an activating group) is 1. The first-order valence-corrected chi connectivity index (χ1v) is 7.59. The molecule has 0 bridgehead atoms. The third-order valence-corrected chi connectivity index (χ3v) is 3.31. The number of rotatable bonds is 6. The van der Waals surface area contributed by atoms with Crippen molar-refractivity contribution in [1.29, 1.82) is 0 Å². The van der Waals surface area contributed by atoms with Crippen LogP contribution in [0, 0.1) is 0 Å². The van der Waals surface area contributed by atoms with Gasteiger partial charge < -0.3 is 15.4 Å². The van der Waals surface area contributed by atoms with Crippen LogP contribution in [-0.4, -0.2) is 49.0 Å². The highest BCUT2D eigenvalue weighted by molar-refractivity contribution is 5.96. The zero-order valence-electron chi connectivity index (χ0n) is 14.8. The molecule has 6 nitrogen and oxygen atoms in total. The van der Waals surface area contributed by atoms with Crippen LogP contribution in [-0.2, 0) is 9.59 Å². The van der Waals surface area contributed by atoms with Gasteiger partial charge in [0.05, 0.1) is 25.4 Å². The van der Waals surface area contributed by atoms with E-state index in [1.54, 1.807) is 38.1 Å². The van der Waals surface area contributed by atoms with Crippen molar-refractivity contribution in [2.45, 2.75) is 39.3 Å². The van der Waals surface area contributed by atoms with Crippen molar-refractivity contribution >= 4 is 17.5 Å². The van der Waals surface area contributed by atoms with Crippen molar-refractivity contribution in [2.75, 3.05) is 26.0 Å². The predicted molar refractivity (Wildman–Crippen MR) is 91.6 cm³/mol. The quantitative estimate of drug-likeness (QED) is 0.839. The fraction of sp³-hybridized carbons (Fsp3) is 0.529. The summed E-state index contributed by atoms with van der Waals surface area (Å²) >= 11 is 0. The summed E-state index contributed by atoms with van der Waals surface area (Å²) in [5, 5.41) is 5.71. The van der Waals surface area contributed by atoms with Crippen molar-refractivity contribution in [3.05, 3.63) is 24.3 Å². The lowest BCUT2D eigenvalue weighted by molar-refractivity contribution is -0.125. The molecule has 2 N–H and O–H groups in total. The average Bonchev–Trinajstić information content (AvgIpc) is 2.44. The van der Waals surface area contributed by atoms with Crippen LogP contribution < -0.4 is 15.4 Å². The predicted octanol–water partition coefficient (Wildman–Crippen LogP) is 1.87. The third-order valence-electron chi connectivity index (χ3n) is 3.31. The summed E-state index contributed by atoms with van der Waals surface area (Å²) in [6.07, 6.45) is 0. The number of para-hydroxylation sites is 2. The van der Waals surface area contributed by atoms with Crippen molar-refractivity contribution in [1.82, 2.24) is 10.2 Å². The smallest absolute Gasteiger partial charge is 0.241 e. The largest absolute Gasteiger partial charge is 0.495 e. The second-order valence-electron chi connectivity index (χ2n) is 6.58. The number of nitrogens with zero attached hydrogens (tertiary/aromatic N) is 1. The molecule has 23 heavy (non-hydrogen) atoms. The molecule has 0 saturated heterocycles. The number of ether oxygens (including phenoxy) is 1. The molecule has 1 aromatic carbocycles. The molecule has 0 unspecified atom stereocenters. The van der Waals surface area contributed by atoms with E-state index in [1.165, 1.54) is 0 Å². The average molecular weight is 321 g/mol. The van der Waals surface area contributed by atoms with Crippen LogP contribution in [0.3, 0.4) is 0 Å². The summed E-state index contributed by atoms with van der Waals surface area (Å²) < 4.78 is 5.21. The summed E-state index contributed by atoms with van der Waals surface area (Å²) in [4.78, 5) is 26.0. The van der Waals surface area contributed by atoms with Crippen LogP contribution in [0.4, 0.5) is 5.69 Å². The Morgan fingerprint density at radius 3 is 2.43 bits per heavy atom. The maximum absolute atomic E-state index is 12.3. The first-order valence-electron chi connectivity index (χ1n) is 7.59. The van der Waals surface area contributed by atoms with E-state index in [1.807, 2.05) is 32.9 Å². The highest BCUT2D eigenvalue weighted by Gasteiger charge is 2.22. The molecule has 6 heteroatoms. The topological polar surface area (TPSA) is 70.7 Å². The summed E-state index contributed by atoms with van der Waals surface area (Å²) in [5.74, 6) is 0.290. The lowest BCUT2D eigenvalue weighted by atomic mass is 10.1. The molecule has 1 atom stereocenters. The first-order chi connectivity index (χ1) is 10.6. The van der Waals surface area contributed by atoms with Crippen LogP contribution in [0.1, 0.15) is 27.7 Å². The minimum absolute atomic E-state index is 0.114. The van der Waals surface area contributed by atoms with Crippen LogP contribution in [0.25, 0.3) is 0 Å². The van der Waals surface area contributed by atoms with E-state index in [2.05, 4.69) is 10.6 Å². The first kappa shape index (κ1) is 19.0. The molecule has 0 heterocycles. The fourth-order valence-electron chi connectivity index (χ4n) is 2.01. The molecule has 0 saturated carbocycles. The zero-order valence-corrected chi connectivity index (χ0v) is 14.8. The van der Waals surface area contributed by atoms with Gasteiger partial charge in [0.15, 0.2) is 0 Å². The van der Waals surface area contributed by atoms with E-state index in [0.29, 0.717) is 11.4 Å². The van der Waals surface area contributed by atoms with E-state index in [-0.39, 0.29) is 23.9 Å². The number of hydrogen-bond acceptors (Lipinski definition) is 4. The number of methoxy groups -OCH3 is 1. The van der Waals surface area contributed by atoms with Gasteiger partial charge in [0.25, 0.3) is 0 Å². The standard InChI is InChI=1S/C17H27N3O3/c1-12(20(5)11-15(21)19-17(2,3)4)16(22)18-13-9-7-8-10-14(13)23-6/h7-10,12H,11H2,1-6H3,(H,18,22)(H,19,21)/t12-/m1/s1. The Hall–Kier alpha value is -2.08. The summed E-state index contributed by atoms with van der Waals surface area (Å²) in [7, 11) is 3.30. The van der Waals surface area contributed by atoms with Gasteiger partial charge in [-0.1, -0.05) is 12.1 Å². The number of amides is 2. The number of nitrogens with one attached hydrogen (secondary N) is 2. The Kier molecular flexibility index (Phi) is 6.57. The molecular weight excluding hydrogens is 294 g/mol. The molecule has 2 amide bonds. The molecule has 0 fully saturated rings. The second kappa shape index (κ2) is 7.97. The Morgan fingerprint density at radius 1 is 1.26 bits per heavy atom. The van der Waals surface area contributed by atoms with E-state index in [4.69, 9.17) is 4.74 Å². The number of carbonyl (C=O) groups is 2. The van der Waals surface area contributed by atoms with Gasteiger partial charge in [0.2, 0.25) is 11.8 Å². The molecule has 128 valence electrons. The highest BCUT2D eigenvalue weighted by Crippen LogP contribution is 2.23. The van der Waals surface area contributed by atoms with E-state index >= 15 is 0 Å². The Morgan fingerprint density at radius 2 is 1.87 bits per heavy atom. The molecule has 0 aliphatic rings. The lowest BCUT2D eigenvalue weighted by Gasteiger charge is -2.26. The van der Waals surface area contributed by atoms with Crippen LogP contribution in [0.15, 0.2) is 24.3 Å². The van der Waals surface area contributed by atoms with Gasteiger partial charge in [-0.15, -0.1) is 0 Å². The van der Waals surface area contributed by atoms with E-state index < -0.39 is 6.04 Å². The maximum Gasteiger partial charge on any atom is 0.241 e. The van der Waals surface area contributed by atoms with Crippen molar-refractivity contribution in [3.63, 3.8) is 0 Å². The molecule has 0 radical (unpaired) electrons. The van der Waals surface area contributed by atoms with Gasteiger partial charge in [-0.3, -0.25) is 14.5 Å². The normalized spacial score (nSPS) is 12.7.